The molecule has 0 spiro atoms. The Hall–Kier alpha value is -3.42. The lowest BCUT2D eigenvalue weighted by Crippen LogP contribution is -2.35. The molecule has 32 heavy (non-hydrogen) atoms. The first-order valence-electron chi connectivity index (χ1n) is 10.5. The van der Waals surface area contributed by atoms with Gasteiger partial charge in [-0.3, -0.25) is 4.79 Å². The SMILES string of the molecule is O=C(Nc1ccc(C(F)(F)F)cc1)c1ccc(N2CCC(Cc3ccccc3)CC2)nn1. The number of hydrogen-bond acceptors (Lipinski definition) is 4. The van der Waals surface area contributed by atoms with Gasteiger partial charge in [0.25, 0.3) is 5.91 Å². The molecule has 1 aromatic heterocycles. The van der Waals surface area contributed by atoms with Crippen molar-refractivity contribution in [3.8, 4) is 0 Å². The third-order valence-electron chi connectivity index (χ3n) is 5.66. The van der Waals surface area contributed by atoms with E-state index in [1.165, 1.54) is 17.7 Å². The highest BCUT2D eigenvalue weighted by Gasteiger charge is 2.30. The van der Waals surface area contributed by atoms with Crippen LogP contribution in [0.4, 0.5) is 24.7 Å². The monoisotopic (exact) mass is 440 g/mol. The van der Waals surface area contributed by atoms with Gasteiger partial charge in [0.05, 0.1) is 5.56 Å². The predicted molar refractivity (Wildman–Crippen MR) is 117 cm³/mol. The van der Waals surface area contributed by atoms with Gasteiger partial charge in [0.15, 0.2) is 11.5 Å². The first-order valence-corrected chi connectivity index (χ1v) is 10.5. The number of halogens is 3. The van der Waals surface area contributed by atoms with Crippen molar-refractivity contribution in [2.24, 2.45) is 5.92 Å². The molecule has 1 aliphatic rings. The Labute approximate surface area is 184 Å². The van der Waals surface area contributed by atoms with Gasteiger partial charge in [-0.05, 0) is 67.1 Å². The summed E-state index contributed by atoms with van der Waals surface area (Å²) in [5.74, 6) is 0.829. The Morgan fingerprint density at radius 1 is 0.938 bits per heavy atom. The number of carbonyl (C=O) groups is 1. The van der Waals surface area contributed by atoms with Crippen LogP contribution in [0, 0.1) is 5.92 Å². The van der Waals surface area contributed by atoms with Gasteiger partial charge in [0.1, 0.15) is 0 Å². The lowest BCUT2D eigenvalue weighted by molar-refractivity contribution is -0.137. The summed E-state index contributed by atoms with van der Waals surface area (Å²) < 4.78 is 37.9. The number of nitrogens with zero attached hydrogens (tertiary/aromatic N) is 3. The van der Waals surface area contributed by atoms with Crippen LogP contribution >= 0.6 is 0 Å². The van der Waals surface area contributed by atoms with Crippen molar-refractivity contribution in [3.05, 3.63) is 83.6 Å². The number of aromatic nitrogens is 2. The smallest absolute Gasteiger partial charge is 0.355 e. The molecule has 1 aliphatic heterocycles. The van der Waals surface area contributed by atoms with E-state index in [0.29, 0.717) is 11.7 Å². The fourth-order valence-corrected chi connectivity index (χ4v) is 3.87. The van der Waals surface area contributed by atoms with Gasteiger partial charge < -0.3 is 10.2 Å². The molecule has 0 bridgehead atoms. The maximum Gasteiger partial charge on any atom is 0.416 e. The van der Waals surface area contributed by atoms with Crippen molar-refractivity contribution in [2.45, 2.75) is 25.4 Å². The topological polar surface area (TPSA) is 58.1 Å². The summed E-state index contributed by atoms with van der Waals surface area (Å²) in [5.41, 5.74) is 0.948. The van der Waals surface area contributed by atoms with Crippen molar-refractivity contribution in [2.75, 3.05) is 23.3 Å². The second kappa shape index (κ2) is 9.38. The lowest BCUT2D eigenvalue weighted by Gasteiger charge is -2.32. The van der Waals surface area contributed by atoms with Crippen LogP contribution in [0.2, 0.25) is 0 Å². The predicted octanol–water partition coefficient (Wildman–Crippen LogP) is 5.21. The highest BCUT2D eigenvalue weighted by Crippen LogP contribution is 2.30. The summed E-state index contributed by atoms with van der Waals surface area (Å²) in [6.07, 6.45) is -1.22. The average Bonchev–Trinajstić information content (AvgIpc) is 2.80. The molecule has 0 atom stereocenters. The molecule has 8 heteroatoms. The molecule has 0 radical (unpaired) electrons. The highest BCUT2D eigenvalue weighted by molar-refractivity contribution is 6.02. The van der Waals surface area contributed by atoms with E-state index in [9.17, 15) is 18.0 Å². The molecule has 1 amide bonds. The Morgan fingerprint density at radius 3 is 2.22 bits per heavy atom. The van der Waals surface area contributed by atoms with Gasteiger partial charge in [0, 0.05) is 18.8 Å². The molecule has 2 aromatic carbocycles. The van der Waals surface area contributed by atoms with Crippen molar-refractivity contribution in [3.63, 3.8) is 0 Å². The molecular formula is C24H23F3N4O. The number of piperidine rings is 1. The molecule has 2 heterocycles. The first kappa shape index (κ1) is 21.8. The zero-order chi connectivity index (χ0) is 22.6. The van der Waals surface area contributed by atoms with E-state index in [1.54, 1.807) is 12.1 Å². The van der Waals surface area contributed by atoms with Crippen LogP contribution in [0.3, 0.4) is 0 Å². The van der Waals surface area contributed by atoms with Crippen LogP contribution in [-0.2, 0) is 12.6 Å². The molecule has 1 fully saturated rings. The van der Waals surface area contributed by atoms with Crippen molar-refractivity contribution in [1.82, 2.24) is 10.2 Å². The van der Waals surface area contributed by atoms with E-state index in [-0.39, 0.29) is 11.4 Å². The van der Waals surface area contributed by atoms with E-state index in [4.69, 9.17) is 0 Å². The number of amides is 1. The fourth-order valence-electron chi connectivity index (χ4n) is 3.87. The second-order valence-corrected chi connectivity index (χ2v) is 7.93. The Morgan fingerprint density at radius 2 is 1.62 bits per heavy atom. The molecule has 1 saturated heterocycles. The van der Waals surface area contributed by atoms with E-state index in [0.717, 1.165) is 44.5 Å². The molecule has 0 saturated carbocycles. The number of alkyl halides is 3. The van der Waals surface area contributed by atoms with Crippen LogP contribution in [0.5, 0.6) is 0 Å². The zero-order valence-corrected chi connectivity index (χ0v) is 17.3. The number of carbonyl (C=O) groups excluding carboxylic acids is 1. The maximum atomic E-state index is 12.6. The summed E-state index contributed by atoms with van der Waals surface area (Å²) in [4.78, 5) is 14.5. The van der Waals surface area contributed by atoms with Crippen LogP contribution < -0.4 is 10.2 Å². The minimum absolute atomic E-state index is 0.104. The molecule has 4 rings (SSSR count). The largest absolute Gasteiger partial charge is 0.416 e. The summed E-state index contributed by atoms with van der Waals surface area (Å²) >= 11 is 0. The maximum absolute atomic E-state index is 12.6. The van der Waals surface area contributed by atoms with Crippen molar-refractivity contribution < 1.29 is 18.0 Å². The minimum Gasteiger partial charge on any atom is -0.355 e. The quantitative estimate of drug-likeness (QED) is 0.592. The van der Waals surface area contributed by atoms with Gasteiger partial charge >= 0.3 is 6.18 Å². The van der Waals surface area contributed by atoms with Crippen LogP contribution in [-0.4, -0.2) is 29.2 Å². The first-order chi connectivity index (χ1) is 15.4. The Bertz CT molecular complexity index is 1030. The highest BCUT2D eigenvalue weighted by atomic mass is 19.4. The van der Waals surface area contributed by atoms with E-state index >= 15 is 0 Å². The summed E-state index contributed by atoms with van der Waals surface area (Å²) in [7, 11) is 0. The van der Waals surface area contributed by atoms with E-state index in [2.05, 4.69) is 44.7 Å². The molecular weight excluding hydrogens is 417 g/mol. The van der Waals surface area contributed by atoms with Gasteiger partial charge in [-0.15, -0.1) is 10.2 Å². The third-order valence-corrected chi connectivity index (χ3v) is 5.66. The fraction of sp³-hybridized carbons (Fsp3) is 0.292. The summed E-state index contributed by atoms with van der Waals surface area (Å²) in [6.45, 7) is 1.76. The van der Waals surface area contributed by atoms with E-state index < -0.39 is 17.6 Å². The molecule has 3 aromatic rings. The van der Waals surface area contributed by atoms with Gasteiger partial charge in [-0.2, -0.15) is 13.2 Å². The molecule has 5 nitrogen and oxygen atoms in total. The van der Waals surface area contributed by atoms with Gasteiger partial charge in [-0.1, -0.05) is 30.3 Å². The lowest BCUT2D eigenvalue weighted by atomic mass is 9.90. The summed E-state index contributed by atoms with van der Waals surface area (Å²) in [5, 5.41) is 10.7. The van der Waals surface area contributed by atoms with Crippen LogP contribution in [0.15, 0.2) is 66.7 Å². The Balaban J connectivity index is 1.30. The minimum atomic E-state index is -4.42. The van der Waals surface area contributed by atoms with Crippen LogP contribution in [0.1, 0.15) is 34.5 Å². The molecule has 0 unspecified atom stereocenters. The number of nitrogens with one attached hydrogen (secondary N) is 1. The van der Waals surface area contributed by atoms with E-state index in [1.807, 2.05) is 6.07 Å². The van der Waals surface area contributed by atoms with Gasteiger partial charge in [0.2, 0.25) is 0 Å². The Kier molecular flexibility index (Phi) is 6.39. The molecule has 0 aliphatic carbocycles. The zero-order valence-electron chi connectivity index (χ0n) is 17.3. The molecule has 1 N–H and O–H groups in total. The average molecular weight is 440 g/mol. The standard InChI is InChI=1S/C24H23F3N4O/c25-24(26,27)19-6-8-20(9-7-19)28-23(32)21-10-11-22(30-29-21)31-14-12-18(13-15-31)16-17-4-2-1-3-5-17/h1-11,18H,12-16H2,(H,28,32). The van der Waals surface area contributed by atoms with Crippen molar-refractivity contribution >= 4 is 17.4 Å². The third kappa shape index (κ3) is 5.43. The molecule has 166 valence electrons. The second-order valence-electron chi connectivity index (χ2n) is 7.93. The van der Waals surface area contributed by atoms with Crippen molar-refractivity contribution in [1.29, 1.82) is 0 Å². The number of rotatable bonds is 5. The number of anilines is 2. The number of hydrogen-bond donors (Lipinski definition) is 1. The number of benzene rings is 2. The van der Waals surface area contributed by atoms with Crippen LogP contribution in [0.25, 0.3) is 0 Å². The summed E-state index contributed by atoms with van der Waals surface area (Å²) in [6, 6.07) is 18.1. The van der Waals surface area contributed by atoms with Gasteiger partial charge in [-0.25, -0.2) is 0 Å². The normalized spacial score (nSPS) is 14.9.